The van der Waals surface area contributed by atoms with Gasteiger partial charge in [0.1, 0.15) is 0 Å². The van der Waals surface area contributed by atoms with Crippen LogP contribution in [0, 0.1) is 18.6 Å². The molecule has 2 heterocycles. The minimum absolute atomic E-state index is 0.0657. The molecule has 1 aliphatic carbocycles. The molecule has 1 atom stereocenters. The van der Waals surface area contributed by atoms with Crippen molar-refractivity contribution in [2.24, 2.45) is 0 Å². The topological polar surface area (TPSA) is 96.5 Å². The molecule has 0 saturated heterocycles. The van der Waals surface area contributed by atoms with Crippen LogP contribution in [0.4, 0.5) is 8.78 Å². The van der Waals surface area contributed by atoms with E-state index in [2.05, 4.69) is 10.2 Å². The van der Waals surface area contributed by atoms with Gasteiger partial charge in [-0.3, -0.25) is 0 Å². The highest BCUT2D eigenvalue weighted by molar-refractivity contribution is 5.88. The molecule has 174 valence electrons. The fourth-order valence-corrected chi connectivity index (χ4v) is 4.71. The summed E-state index contributed by atoms with van der Waals surface area (Å²) < 4.78 is 33.5. The number of hydrogen-bond donors (Lipinski definition) is 2. The van der Waals surface area contributed by atoms with Crippen molar-refractivity contribution in [1.82, 2.24) is 10.2 Å². The monoisotopic (exact) mass is 464 g/mol. The first kappa shape index (κ1) is 22.2. The zero-order valence-corrected chi connectivity index (χ0v) is 18.4. The number of halogens is 2. The Morgan fingerprint density at radius 1 is 1.12 bits per heavy atom. The van der Waals surface area contributed by atoms with Crippen LogP contribution < -0.4 is 5.63 Å². The van der Waals surface area contributed by atoms with E-state index in [9.17, 15) is 23.8 Å². The molecule has 34 heavy (non-hydrogen) atoms. The van der Waals surface area contributed by atoms with Crippen molar-refractivity contribution in [2.45, 2.75) is 45.1 Å². The first-order valence-electron chi connectivity index (χ1n) is 11.1. The zero-order chi connectivity index (χ0) is 24.0. The maximum absolute atomic E-state index is 14.3. The molecule has 5 rings (SSSR count). The van der Waals surface area contributed by atoms with E-state index in [0.29, 0.717) is 29.7 Å². The normalized spacial score (nSPS) is 16.2. The molecule has 0 bridgehead atoms. The lowest BCUT2D eigenvalue weighted by Gasteiger charge is -2.19. The number of nitrogens with zero attached hydrogens (tertiary/aromatic N) is 2. The average molecular weight is 464 g/mol. The number of phenols is 1. The predicted octanol–water partition coefficient (Wildman–Crippen LogP) is 4.84. The van der Waals surface area contributed by atoms with Gasteiger partial charge in [-0.1, -0.05) is 18.2 Å². The largest absolute Gasteiger partial charge is 0.503 e. The molecule has 2 aromatic heterocycles. The van der Waals surface area contributed by atoms with Gasteiger partial charge in [0.05, 0.1) is 23.6 Å². The summed E-state index contributed by atoms with van der Waals surface area (Å²) in [6.45, 7) is 1.58. The molecule has 0 radical (unpaired) electrons. The Bertz CT molecular complexity index is 1480. The summed E-state index contributed by atoms with van der Waals surface area (Å²) >= 11 is 0. The van der Waals surface area contributed by atoms with E-state index < -0.39 is 28.6 Å². The van der Waals surface area contributed by atoms with E-state index in [1.54, 1.807) is 31.3 Å². The van der Waals surface area contributed by atoms with E-state index in [1.165, 1.54) is 0 Å². The van der Waals surface area contributed by atoms with Gasteiger partial charge in [-0.15, -0.1) is 0 Å². The minimum atomic E-state index is -1.31. The van der Waals surface area contributed by atoms with Crippen molar-refractivity contribution in [2.75, 3.05) is 0 Å². The number of aryl methyl sites for hydroxylation is 2. The van der Waals surface area contributed by atoms with Gasteiger partial charge < -0.3 is 14.6 Å². The second-order valence-corrected chi connectivity index (χ2v) is 8.65. The Morgan fingerprint density at radius 2 is 1.91 bits per heavy atom. The van der Waals surface area contributed by atoms with E-state index in [-0.39, 0.29) is 17.1 Å². The molecule has 0 amide bonds. The summed E-state index contributed by atoms with van der Waals surface area (Å²) in [5, 5.41) is 28.2. The lowest BCUT2D eigenvalue weighted by Crippen LogP contribution is -2.14. The van der Waals surface area contributed by atoms with Crippen molar-refractivity contribution in [3.63, 3.8) is 0 Å². The third-order valence-electron chi connectivity index (χ3n) is 6.51. The summed E-state index contributed by atoms with van der Waals surface area (Å²) in [6.07, 6.45) is 5.08. The Balaban J connectivity index is 1.66. The molecule has 1 unspecified atom stereocenters. The quantitative estimate of drug-likeness (QED) is 0.412. The van der Waals surface area contributed by atoms with Crippen LogP contribution in [0.1, 0.15) is 36.0 Å². The van der Waals surface area contributed by atoms with Crippen LogP contribution in [-0.2, 0) is 12.8 Å². The lowest BCUT2D eigenvalue weighted by molar-refractivity contribution is 0.150. The van der Waals surface area contributed by atoms with Gasteiger partial charge in [0.15, 0.2) is 17.1 Å². The van der Waals surface area contributed by atoms with E-state index in [4.69, 9.17) is 4.42 Å². The van der Waals surface area contributed by atoms with E-state index in [0.717, 1.165) is 42.0 Å². The average Bonchev–Trinajstić information content (AvgIpc) is 2.81. The minimum Gasteiger partial charge on any atom is -0.503 e. The van der Waals surface area contributed by atoms with Crippen LogP contribution in [0.3, 0.4) is 0 Å². The maximum Gasteiger partial charge on any atom is 0.344 e. The van der Waals surface area contributed by atoms with Gasteiger partial charge in [0.2, 0.25) is 5.82 Å². The fourth-order valence-electron chi connectivity index (χ4n) is 4.71. The van der Waals surface area contributed by atoms with Crippen LogP contribution in [0.25, 0.3) is 33.4 Å². The highest BCUT2D eigenvalue weighted by atomic mass is 19.1. The number of aliphatic hydroxyl groups excluding tert-OH is 1. The Kier molecular flexibility index (Phi) is 5.61. The second-order valence-electron chi connectivity index (χ2n) is 8.65. The summed E-state index contributed by atoms with van der Waals surface area (Å²) in [5.74, 6) is -3.62. The van der Waals surface area contributed by atoms with Crippen LogP contribution in [-0.4, -0.2) is 26.5 Å². The molecule has 4 aromatic rings. The number of phenolic OH excluding ortho intramolecular Hbond substituents is 1. The molecule has 6 nitrogen and oxygen atoms in total. The second kappa shape index (κ2) is 8.61. The molecule has 0 spiro atoms. The fraction of sp³-hybridized carbons (Fsp3) is 0.269. The van der Waals surface area contributed by atoms with Gasteiger partial charge in [0.25, 0.3) is 0 Å². The summed E-state index contributed by atoms with van der Waals surface area (Å²) in [5.41, 5.74) is 3.32. The highest BCUT2D eigenvalue weighted by Gasteiger charge is 2.22. The lowest BCUT2D eigenvalue weighted by atomic mass is 9.90. The van der Waals surface area contributed by atoms with Crippen molar-refractivity contribution in [1.29, 1.82) is 0 Å². The number of rotatable bonds is 2. The number of aliphatic hydroxyl groups is 1. The number of hydrogen-bond acceptors (Lipinski definition) is 6. The number of benzene rings is 2. The molecular weight excluding hydrogens is 442 g/mol. The summed E-state index contributed by atoms with van der Waals surface area (Å²) in [6, 6.07) is 8.11. The van der Waals surface area contributed by atoms with Gasteiger partial charge in [-0.2, -0.15) is 14.6 Å². The molecule has 2 N–H and O–H groups in total. The van der Waals surface area contributed by atoms with Crippen LogP contribution in [0.5, 0.6) is 5.75 Å². The van der Waals surface area contributed by atoms with Crippen LogP contribution in [0.15, 0.2) is 45.7 Å². The van der Waals surface area contributed by atoms with Crippen molar-refractivity contribution < 1.29 is 23.4 Å². The molecule has 0 saturated carbocycles. The van der Waals surface area contributed by atoms with E-state index in [1.807, 2.05) is 6.07 Å². The van der Waals surface area contributed by atoms with Crippen molar-refractivity contribution in [3.05, 3.63) is 75.3 Å². The molecule has 0 fully saturated rings. The Morgan fingerprint density at radius 3 is 2.74 bits per heavy atom. The van der Waals surface area contributed by atoms with Gasteiger partial charge in [0, 0.05) is 10.9 Å². The van der Waals surface area contributed by atoms with E-state index >= 15 is 0 Å². The number of aromatic nitrogens is 2. The van der Waals surface area contributed by atoms with Crippen molar-refractivity contribution in [3.8, 4) is 28.1 Å². The van der Waals surface area contributed by atoms with Gasteiger partial charge in [-0.25, -0.2) is 9.18 Å². The predicted molar refractivity (Wildman–Crippen MR) is 123 cm³/mol. The third kappa shape index (κ3) is 3.74. The summed E-state index contributed by atoms with van der Waals surface area (Å²) in [4.78, 5) is 12.8. The number of aromatic hydroxyl groups is 1. The molecular formula is C26H22F2N2O4. The van der Waals surface area contributed by atoms with Crippen LogP contribution >= 0.6 is 0 Å². The maximum atomic E-state index is 14.3. The van der Waals surface area contributed by atoms with Crippen LogP contribution in [0.2, 0.25) is 0 Å². The standard InChI is InChI=1S/C26H22F2N2O4/c1-13-19-11-20(27)24(32)22(28)25(19)34-26(33)21(13)14-4-2-5-15(10-14)23-18-7-3-6-17(31)9-8-16(18)12-29-30-23/h2,4-5,10-12,17,31-32H,3,6-9H2,1H3. The third-order valence-corrected chi connectivity index (χ3v) is 6.51. The molecule has 2 aromatic carbocycles. The SMILES string of the molecule is Cc1c(-c2cccc(-c3nncc4c3CCCC(O)CC4)c2)c(=O)oc2c(F)c(O)c(F)cc12. The smallest absolute Gasteiger partial charge is 0.344 e. The number of fused-ring (bicyclic) bond motifs is 2. The first-order valence-corrected chi connectivity index (χ1v) is 11.1. The Labute approximate surface area is 193 Å². The highest BCUT2D eigenvalue weighted by Crippen LogP contribution is 2.35. The first-order chi connectivity index (χ1) is 16.3. The molecule has 1 aliphatic rings. The van der Waals surface area contributed by atoms with Gasteiger partial charge in [-0.05, 0) is 73.4 Å². The van der Waals surface area contributed by atoms with Crippen molar-refractivity contribution >= 4 is 11.0 Å². The summed E-state index contributed by atoms with van der Waals surface area (Å²) in [7, 11) is 0. The van der Waals surface area contributed by atoms with Gasteiger partial charge >= 0.3 is 5.63 Å². The zero-order valence-electron chi connectivity index (χ0n) is 18.4. The Hall–Kier alpha value is -3.65. The molecule has 0 aliphatic heterocycles. The molecule has 8 heteroatoms.